The van der Waals surface area contributed by atoms with Crippen molar-refractivity contribution in [1.82, 2.24) is 4.90 Å². The van der Waals surface area contributed by atoms with E-state index in [1.54, 1.807) is 23.1 Å². The molecule has 0 atom stereocenters. The second-order valence-electron chi connectivity index (χ2n) is 5.22. The van der Waals surface area contributed by atoms with Crippen molar-refractivity contribution in [3.8, 4) is 5.75 Å². The molecule has 21 heavy (non-hydrogen) atoms. The summed E-state index contributed by atoms with van der Waals surface area (Å²) in [6, 6.07) is 6.41. The van der Waals surface area contributed by atoms with E-state index in [4.69, 9.17) is 5.73 Å². The summed E-state index contributed by atoms with van der Waals surface area (Å²) in [5, 5.41) is 0. The summed E-state index contributed by atoms with van der Waals surface area (Å²) in [7, 11) is 0. The fraction of sp³-hybridized carbons (Fsp3) is 0.533. The molecular weight excluding hydrogens is 278 g/mol. The third-order valence-electron chi connectivity index (χ3n) is 3.83. The van der Waals surface area contributed by atoms with Gasteiger partial charge in [-0.2, -0.15) is 8.78 Å². The van der Waals surface area contributed by atoms with E-state index >= 15 is 0 Å². The smallest absolute Gasteiger partial charge is 0.387 e. The van der Waals surface area contributed by atoms with Crippen LogP contribution >= 0.6 is 0 Å². The van der Waals surface area contributed by atoms with Crippen LogP contribution in [0, 0.1) is 5.92 Å². The summed E-state index contributed by atoms with van der Waals surface area (Å²) >= 11 is 0. The van der Waals surface area contributed by atoms with Gasteiger partial charge in [0.1, 0.15) is 5.75 Å². The number of hydrogen-bond donors (Lipinski definition) is 1. The van der Waals surface area contributed by atoms with Crippen LogP contribution in [0.25, 0.3) is 0 Å². The van der Waals surface area contributed by atoms with E-state index in [0.717, 1.165) is 12.8 Å². The first-order valence-corrected chi connectivity index (χ1v) is 7.10. The lowest BCUT2D eigenvalue weighted by Crippen LogP contribution is -2.40. The Morgan fingerprint density at radius 2 is 2.00 bits per heavy atom. The number of carbonyl (C=O) groups is 1. The van der Waals surface area contributed by atoms with Gasteiger partial charge in [-0.3, -0.25) is 4.79 Å². The Balaban J connectivity index is 1.97. The van der Waals surface area contributed by atoms with Gasteiger partial charge >= 0.3 is 6.61 Å². The topological polar surface area (TPSA) is 55.6 Å². The quantitative estimate of drug-likeness (QED) is 0.905. The van der Waals surface area contributed by atoms with Crippen molar-refractivity contribution in [3.05, 3.63) is 29.8 Å². The molecule has 1 amide bonds. The third kappa shape index (κ3) is 4.39. The lowest BCUT2D eigenvalue weighted by molar-refractivity contribution is -0.131. The molecule has 2 N–H and O–H groups in total. The van der Waals surface area contributed by atoms with Gasteiger partial charge in [0.05, 0.1) is 6.42 Å². The molecule has 1 aromatic rings. The monoisotopic (exact) mass is 298 g/mol. The number of para-hydroxylation sites is 1. The molecule has 116 valence electrons. The number of alkyl halides is 2. The number of halogens is 2. The highest BCUT2D eigenvalue weighted by molar-refractivity contribution is 5.79. The van der Waals surface area contributed by atoms with Crippen LogP contribution in [0.2, 0.25) is 0 Å². The maximum atomic E-state index is 12.3. The van der Waals surface area contributed by atoms with Gasteiger partial charge in [0.15, 0.2) is 0 Å². The van der Waals surface area contributed by atoms with Crippen LogP contribution in [0.15, 0.2) is 24.3 Å². The van der Waals surface area contributed by atoms with E-state index < -0.39 is 6.61 Å². The van der Waals surface area contributed by atoms with Crippen molar-refractivity contribution in [3.63, 3.8) is 0 Å². The zero-order valence-corrected chi connectivity index (χ0v) is 11.8. The average Bonchev–Trinajstić information content (AvgIpc) is 2.49. The number of ether oxygens (including phenoxy) is 1. The zero-order chi connectivity index (χ0) is 15.2. The second-order valence-corrected chi connectivity index (χ2v) is 5.22. The highest BCUT2D eigenvalue weighted by Gasteiger charge is 2.23. The maximum Gasteiger partial charge on any atom is 0.387 e. The van der Waals surface area contributed by atoms with E-state index in [0.29, 0.717) is 31.1 Å². The van der Waals surface area contributed by atoms with Gasteiger partial charge in [-0.25, -0.2) is 0 Å². The standard InChI is InChI=1S/C15H20F2N2O2/c16-15(17)21-13-4-2-1-3-12(13)9-14(20)19-7-5-11(10-18)6-8-19/h1-4,11,15H,5-10,18H2. The predicted octanol–water partition coefficient (Wildman–Crippen LogP) is 2.03. The number of benzene rings is 1. The Morgan fingerprint density at radius 3 is 2.62 bits per heavy atom. The van der Waals surface area contributed by atoms with Gasteiger partial charge in [-0.15, -0.1) is 0 Å². The molecule has 1 fully saturated rings. The molecule has 1 heterocycles. The maximum absolute atomic E-state index is 12.3. The third-order valence-corrected chi connectivity index (χ3v) is 3.83. The minimum atomic E-state index is -2.89. The molecule has 0 spiro atoms. The van der Waals surface area contributed by atoms with E-state index in [1.165, 1.54) is 6.07 Å². The van der Waals surface area contributed by atoms with Gasteiger partial charge in [0.25, 0.3) is 0 Å². The molecule has 0 aliphatic carbocycles. The number of nitrogens with two attached hydrogens (primary N) is 1. The number of piperidine rings is 1. The Labute approximate surface area is 122 Å². The number of hydrogen-bond acceptors (Lipinski definition) is 3. The van der Waals surface area contributed by atoms with Crippen LogP contribution in [0.1, 0.15) is 18.4 Å². The lowest BCUT2D eigenvalue weighted by Gasteiger charge is -2.31. The van der Waals surface area contributed by atoms with Gasteiger partial charge in [0.2, 0.25) is 5.91 Å². The summed E-state index contributed by atoms with van der Waals surface area (Å²) in [4.78, 5) is 14.0. The van der Waals surface area contributed by atoms with Crippen molar-refractivity contribution >= 4 is 5.91 Å². The molecule has 1 aliphatic rings. The summed E-state index contributed by atoms with van der Waals surface area (Å²) in [5.41, 5.74) is 6.11. The van der Waals surface area contributed by atoms with Crippen LogP contribution in [0.3, 0.4) is 0 Å². The van der Waals surface area contributed by atoms with E-state index in [-0.39, 0.29) is 18.1 Å². The second kappa shape index (κ2) is 7.36. The van der Waals surface area contributed by atoms with Gasteiger partial charge in [-0.05, 0) is 31.4 Å². The molecule has 0 unspecified atom stereocenters. The van der Waals surface area contributed by atoms with Crippen LogP contribution in [-0.2, 0) is 11.2 Å². The summed E-state index contributed by atoms with van der Waals surface area (Å²) < 4.78 is 29.1. The largest absolute Gasteiger partial charge is 0.435 e. The number of carbonyl (C=O) groups excluding carboxylic acids is 1. The molecule has 0 radical (unpaired) electrons. The van der Waals surface area contributed by atoms with Crippen LogP contribution < -0.4 is 10.5 Å². The number of amides is 1. The van der Waals surface area contributed by atoms with Gasteiger partial charge < -0.3 is 15.4 Å². The normalized spacial score (nSPS) is 16.3. The Kier molecular flexibility index (Phi) is 5.50. The first-order valence-electron chi connectivity index (χ1n) is 7.10. The number of likely N-dealkylation sites (tertiary alicyclic amines) is 1. The summed E-state index contributed by atoms with van der Waals surface area (Å²) in [5.74, 6) is 0.483. The Morgan fingerprint density at radius 1 is 1.33 bits per heavy atom. The molecule has 4 nitrogen and oxygen atoms in total. The molecule has 1 aromatic carbocycles. The van der Waals surface area contributed by atoms with E-state index in [9.17, 15) is 13.6 Å². The van der Waals surface area contributed by atoms with E-state index in [2.05, 4.69) is 4.74 Å². The predicted molar refractivity (Wildman–Crippen MR) is 75.1 cm³/mol. The fourth-order valence-corrected chi connectivity index (χ4v) is 2.55. The SMILES string of the molecule is NCC1CCN(C(=O)Cc2ccccc2OC(F)F)CC1. The zero-order valence-electron chi connectivity index (χ0n) is 11.8. The lowest BCUT2D eigenvalue weighted by atomic mass is 9.96. The molecule has 0 aromatic heterocycles. The molecule has 1 saturated heterocycles. The molecule has 6 heteroatoms. The molecule has 2 rings (SSSR count). The van der Waals surface area contributed by atoms with Gasteiger partial charge in [-0.1, -0.05) is 18.2 Å². The summed E-state index contributed by atoms with van der Waals surface area (Å²) in [6.07, 6.45) is 1.88. The molecular formula is C15H20F2N2O2. The highest BCUT2D eigenvalue weighted by Crippen LogP contribution is 2.22. The van der Waals surface area contributed by atoms with Crippen molar-refractivity contribution in [2.45, 2.75) is 25.9 Å². The number of nitrogens with zero attached hydrogens (tertiary/aromatic N) is 1. The molecule has 0 saturated carbocycles. The van der Waals surface area contributed by atoms with Crippen LogP contribution in [0.4, 0.5) is 8.78 Å². The first kappa shape index (κ1) is 15.7. The first-order chi connectivity index (χ1) is 10.1. The molecule has 0 bridgehead atoms. The average molecular weight is 298 g/mol. The van der Waals surface area contributed by atoms with Crippen LogP contribution in [-0.4, -0.2) is 37.1 Å². The Hall–Kier alpha value is -1.69. The van der Waals surface area contributed by atoms with Crippen molar-refractivity contribution in [2.75, 3.05) is 19.6 Å². The highest BCUT2D eigenvalue weighted by atomic mass is 19.3. The molecule has 1 aliphatic heterocycles. The van der Waals surface area contributed by atoms with Crippen molar-refractivity contribution < 1.29 is 18.3 Å². The van der Waals surface area contributed by atoms with E-state index in [1.807, 2.05) is 0 Å². The minimum absolute atomic E-state index is 0.0595. The minimum Gasteiger partial charge on any atom is -0.435 e. The number of rotatable bonds is 5. The van der Waals surface area contributed by atoms with Crippen molar-refractivity contribution in [2.24, 2.45) is 11.7 Å². The van der Waals surface area contributed by atoms with Gasteiger partial charge in [0, 0.05) is 18.7 Å². The fourth-order valence-electron chi connectivity index (χ4n) is 2.55. The Bertz CT molecular complexity index is 474. The summed E-state index contributed by atoms with van der Waals surface area (Å²) in [6.45, 7) is -0.883. The van der Waals surface area contributed by atoms with Crippen LogP contribution in [0.5, 0.6) is 5.75 Å². The van der Waals surface area contributed by atoms with Crippen molar-refractivity contribution in [1.29, 1.82) is 0 Å².